The molecule has 4 aliphatic heterocycles. The lowest BCUT2D eigenvalue weighted by atomic mass is 9.70. The number of aliphatic hydroxyl groups is 1. The first-order valence-electron chi connectivity index (χ1n) is 10.8. The van der Waals surface area contributed by atoms with Crippen molar-refractivity contribution in [3.05, 3.63) is 0 Å². The molecule has 2 unspecified atom stereocenters. The first-order chi connectivity index (χ1) is 14.4. The van der Waals surface area contributed by atoms with Crippen LogP contribution >= 0.6 is 0 Å². The number of amides is 3. The summed E-state index contributed by atoms with van der Waals surface area (Å²) in [5.41, 5.74) is -1.01. The molecule has 168 valence electrons. The van der Waals surface area contributed by atoms with E-state index < -0.39 is 29.5 Å². The Morgan fingerprint density at radius 3 is 2.70 bits per heavy atom. The molecule has 3 N–H and O–H groups in total. The zero-order valence-electron chi connectivity index (χ0n) is 17.6. The van der Waals surface area contributed by atoms with Gasteiger partial charge in [-0.2, -0.15) is 0 Å². The lowest BCUT2D eigenvalue weighted by molar-refractivity contribution is -0.145. The van der Waals surface area contributed by atoms with Crippen molar-refractivity contribution in [1.29, 1.82) is 0 Å². The van der Waals surface area contributed by atoms with Crippen molar-refractivity contribution in [3.63, 3.8) is 0 Å². The van der Waals surface area contributed by atoms with Crippen molar-refractivity contribution < 1.29 is 29.0 Å². The fraction of sp³-hybridized carbons (Fsp3) is 0.850. The maximum absolute atomic E-state index is 13.4. The molecule has 4 fully saturated rings. The van der Waals surface area contributed by atoms with E-state index in [4.69, 9.17) is 9.47 Å². The Morgan fingerprint density at radius 2 is 2.03 bits per heavy atom. The van der Waals surface area contributed by atoms with Crippen molar-refractivity contribution in [3.8, 4) is 0 Å². The molecule has 4 aliphatic rings. The number of ether oxygens (including phenoxy) is 2. The Balaban J connectivity index is 1.54. The van der Waals surface area contributed by atoms with E-state index in [9.17, 15) is 19.5 Å². The molecule has 0 aliphatic carbocycles. The van der Waals surface area contributed by atoms with Crippen LogP contribution in [-0.4, -0.2) is 109 Å². The fourth-order valence-electron chi connectivity index (χ4n) is 5.68. The molecule has 0 saturated carbocycles. The third-order valence-electron chi connectivity index (χ3n) is 7.11. The highest BCUT2D eigenvalue weighted by Gasteiger charge is 2.74. The van der Waals surface area contributed by atoms with Crippen LogP contribution in [0.15, 0.2) is 0 Å². The van der Waals surface area contributed by atoms with E-state index in [1.54, 1.807) is 14.0 Å². The summed E-state index contributed by atoms with van der Waals surface area (Å²) in [6.45, 7) is 5.64. The molecule has 0 radical (unpaired) electrons. The normalized spacial score (nSPS) is 36.6. The summed E-state index contributed by atoms with van der Waals surface area (Å²) in [6.07, 6.45) is 0.840. The predicted molar refractivity (Wildman–Crippen MR) is 105 cm³/mol. The largest absolute Gasteiger partial charge is 0.394 e. The lowest BCUT2D eigenvalue weighted by Crippen LogP contribution is -2.58. The van der Waals surface area contributed by atoms with E-state index in [0.29, 0.717) is 39.1 Å². The highest BCUT2D eigenvalue weighted by atomic mass is 16.5. The third-order valence-corrected chi connectivity index (χ3v) is 7.11. The van der Waals surface area contributed by atoms with Crippen LogP contribution in [0.25, 0.3) is 0 Å². The van der Waals surface area contributed by atoms with Crippen molar-refractivity contribution in [2.45, 2.75) is 43.6 Å². The van der Waals surface area contributed by atoms with Gasteiger partial charge in [0, 0.05) is 33.2 Å². The summed E-state index contributed by atoms with van der Waals surface area (Å²) in [7, 11) is 1.55. The van der Waals surface area contributed by atoms with Gasteiger partial charge in [-0.1, -0.05) is 0 Å². The molecule has 3 amide bonds. The van der Waals surface area contributed by atoms with E-state index in [-0.39, 0.29) is 30.4 Å². The van der Waals surface area contributed by atoms with E-state index in [1.165, 1.54) is 4.90 Å². The van der Waals surface area contributed by atoms with Crippen LogP contribution in [-0.2, 0) is 23.9 Å². The first-order valence-corrected chi connectivity index (χ1v) is 10.8. The number of morpholine rings is 1. The Labute approximate surface area is 176 Å². The van der Waals surface area contributed by atoms with Crippen molar-refractivity contribution >= 4 is 17.7 Å². The van der Waals surface area contributed by atoms with Crippen LogP contribution in [0.4, 0.5) is 0 Å². The SMILES string of the molecule is CNC(=O)[C@@H]1[C@H]2C(=O)N([C@H](C)CO)C(C(=O)NCCN3CCOCC3)C23CC[C@H]1O3. The number of fused-ring (bicyclic) bond motifs is 1. The van der Waals surface area contributed by atoms with E-state index in [2.05, 4.69) is 15.5 Å². The molecule has 0 aromatic rings. The van der Waals surface area contributed by atoms with E-state index in [1.807, 2.05) is 0 Å². The molecule has 0 aromatic heterocycles. The maximum Gasteiger partial charge on any atom is 0.245 e. The Morgan fingerprint density at radius 1 is 1.30 bits per heavy atom. The maximum atomic E-state index is 13.4. The van der Waals surface area contributed by atoms with Crippen LogP contribution in [0.1, 0.15) is 19.8 Å². The van der Waals surface area contributed by atoms with Crippen molar-refractivity contribution in [2.75, 3.05) is 53.0 Å². The topological polar surface area (TPSA) is 120 Å². The zero-order chi connectivity index (χ0) is 21.5. The number of rotatable bonds is 7. The van der Waals surface area contributed by atoms with Gasteiger partial charge in [-0.05, 0) is 19.8 Å². The van der Waals surface area contributed by atoms with Gasteiger partial charge in [-0.25, -0.2) is 0 Å². The molecule has 4 heterocycles. The zero-order valence-corrected chi connectivity index (χ0v) is 17.6. The molecule has 4 saturated heterocycles. The summed E-state index contributed by atoms with van der Waals surface area (Å²) in [6, 6.07) is -1.39. The number of carbonyl (C=O) groups is 3. The van der Waals surface area contributed by atoms with Crippen LogP contribution in [0.5, 0.6) is 0 Å². The summed E-state index contributed by atoms with van der Waals surface area (Å²) in [5, 5.41) is 15.4. The molecule has 30 heavy (non-hydrogen) atoms. The number of hydrogen-bond acceptors (Lipinski definition) is 7. The molecular formula is C20H32N4O6. The van der Waals surface area contributed by atoms with Crippen LogP contribution in [0.2, 0.25) is 0 Å². The summed E-state index contributed by atoms with van der Waals surface area (Å²) >= 11 is 0. The minimum Gasteiger partial charge on any atom is -0.394 e. The van der Waals surface area contributed by atoms with E-state index in [0.717, 1.165) is 13.1 Å². The Hall–Kier alpha value is -1.75. The number of nitrogens with one attached hydrogen (secondary N) is 2. The smallest absolute Gasteiger partial charge is 0.245 e. The quantitative estimate of drug-likeness (QED) is 0.430. The highest BCUT2D eigenvalue weighted by Crippen LogP contribution is 2.58. The minimum absolute atomic E-state index is 0.232. The van der Waals surface area contributed by atoms with Gasteiger partial charge in [0.25, 0.3) is 0 Å². The fourth-order valence-corrected chi connectivity index (χ4v) is 5.68. The Bertz CT molecular complexity index is 699. The number of nitrogens with zero attached hydrogens (tertiary/aromatic N) is 2. The summed E-state index contributed by atoms with van der Waals surface area (Å²) in [4.78, 5) is 42.9. The molecule has 10 heteroatoms. The molecule has 10 nitrogen and oxygen atoms in total. The first kappa shape index (κ1) is 21.5. The molecule has 1 spiro atoms. The summed E-state index contributed by atoms with van der Waals surface area (Å²) < 4.78 is 11.6. The second-order valence-corrected chi connectivity index (χ2v) is 8.69. The van der Waals surface area contributed by atoms with Crippen LogP contribution < -0.4 is 10.6 Å². The van der Waals surface area contributed by atoms with Crippen molar-refractivity contribution in [2.24, 2.45) is 11.8 Å². The van der Waals surface area contributed by atoms with Gasteiger partial charge in [0.05, 0.1) is 43.8 Å². The number of carbonyl (C=O) groups excluding carboxylic acids is 3. The average molecular weight is 424 g/mol. The summed E-state index contributed by atoms with van der Waals surface area (Å²) in [5.74, 6) is -2.08. The van der Waals surface area contributed by atoms with Gasteiger partial charge in [-0.15, -0.1) is 0 Å². The highest BCUT2D eigenvalue weighted by molar-refractivity contribution is 5.99. The van der Waals surface area contributed by atoms with Crippen molar-refractivity contribution in [1.82, 2.24) is 20.4 Å². The molecular weight excluding hydrogens is 392 g/mol. The number of aliphatic hydroxyl groups excluding tert-OH is 1. The second kappa shape index (κ2) is 8.41. The monoisotopic (exact) mass is 424 g/mol. The minimum atomic E-state index is -1.01. The van der Waals surface area contributed by atoms with Gasteiger partial charge < -0.3 is 30.1 Å². The average Bonchev–Trinajstić information content (AvgIpc) is 3.40. The molecule has 0 aromatic carbocycles. The predicted octanol–water partition coefficient (Wildman–Crippen LogP) is -2.06. The number of likely N-dealkylation sites (tertiary alicyclic amines) is 1. The third kappa shape index (κ3) is 3.30. The lowest BCUT2D eigenvalue weighted by Gasteiger charge is -2.35. The van der Waals surface area contributed by atoms with Gasteiger partial charge in [0.2, 0.25) is 17.7 Å². The van der Waals surface area contributed by atoms with Gasteiger partial charge in [0.1, 0.15) is 11.6 Å². The molecule has 6 atom stereocenters. The molecule has 4 rings (SSSR count). The van der Waals surface area contributed by atoms with Crippen LogP contribution in [0, 0.1) is 11.8 Å². The standard InChI is InChI=1S/C20H32N4O6/c1-12(11-25)24-16(18(27)22-5-6-23-7-9-29-10-8-23)20-4-3-13(30-20)14(17(26)21-2)15(20)19(24)28/h12-16,25H,3-11H2,1-2H3,(H,21,26)(H,22,27)/t12-,13-,14+,15+,16?,20?/m1/s1. The van der Waals surface area contributed by atoms with Gasteiger partial charge in [0.15, 0.2) is 0 Å². The van der Waals surface area contributed by atoms with Crippen LogP contribution in [0.3, 0.4) is 0 Å². The van der Waals surface area contributed by atoms with Gasteiger partial charge >= 0.3 is 0 Å². The number of hydrogen-bond donors (Lipinski definition) is 3. The second-order valence-electron chi connectivity index (χ2n) is 8.69. The Kier molecular flexibility index (Phi) is 6.02. The molecule has 2 bridgehead atoms. The van der Waals surface area contributed by atoms with Gasteiger partial charge in [-0.3, -0.25) is 19.3 Å². The van der Waals surface area contributed by atoms with E-state index >= 15 is 0 Å².